The third-order valence-electron chi connectivity index (χ3n) is 5.17. The van der Waals surface area contributed by atoms with Crippen LogP contribution in [-0.2, 0) is 4.74 Å². The van der Waals surface area contributed by atoms with Crippen LogP contribution in [0.15, 0.2) is 42.5 Å². The van der Waals surface area contributed by atoms with Gasteiger partial charge in [0.15, 0.2) is 0 Å². The summed E-state index contributed by atoms with van der Waals surface area (Å²) in [5.74, 6) is 0.570. The average molecular weight is 422 g/mol. The van der Waals surface area contributed by atoms with E-state index in [1.807, 2.05) is 61.5 Å². The number of nitrogens with two attached hydrogens (primary N) is 1. The fourth-order valence-corrected chi connectivity index (χ4v) is 3.46. The smallest absolute Gasteiger partial charge is 0.251 e. The minimum absolute atomic E-state index is 0.0357. The highest BCUT2D eigenvalue weighted by Crippen LogP contribution is 2.30. The topological polar surface area (TPSA) is 103 Å². The molecule has 0 aliphatic carbocycles. The zero-order valence-corrected chi connectivity index (χ0v) is 17.8. The lowest BCUT2D eigenvalue weighted by molar-refractivity contribution is 0.0951. The van der Waals surface area contributed by atoms with Crippen LogP contribution in [0.1, 0.15) is 16.8 Å². The molecule has 31 heavy (non-hydrogen) atoms. The molecule has 1 saturated heterocycles. The van der Waals surface area contributed by atoms with Gasteiger partial charge in [-0.2, -0.15) is 4.98 Å². The molecule has 0 bridgehead atoms. The van der Waals surface area contributed by atoms with Crippen LogP contribution in [-0.4, -0.2) is 67.3 Å². The van der Waals surface area contributed by atoms with E-state index in [1.165, 1.54) is 0 Å². The number of rotatable bonds is 7. The van der Waals surface area contributed by atoms with E-state index < -0.39 is 0 Å². The molecule has 2 heterocycles. The molecular formula is C23H27N5O3. The highest BCUT2D eigenvalue weighted by atomic mass is 16.5. The molecule has 1 fully saturated rings. The van der Waals surface area contributed by atoms with Crippen LogP contribution in [0.5, 0.6) is 5.88 Å². The number of ether oxygens (including phenoxy) is 2. The summed E-state index contributed by atoms with van der Waals surface area (Å²) in [6, 6.07) is 13.4. The molecule has 0 saturated carbocycles. The molecule has 1 aliphatic heterocycles. The Kier molecular flexibility index (Phi) is 6.29. The third kappa shape index (κ3) is 5.10. The monoisotopic (exact) mass is 421 g/mol. The number of amides is 1. The maximum absolute atomic E-state index is 12.3. The highest BCUT2D eigenvalue weighted by Gasteiger charge is 2.20. The Morgan fingerprint density at radius 2 is 1.97 bits per heavy atom. The van der Waals surface area contributed by atoms with Crippen molar-refractivity contribution < 1.29 is 14.3 Å². The van der Waals surface area contributed by atoms with Crippen LogP contribution in [0.25, 0.3) is 22.0 Å². The summed E-state index contributed by atoms with van der Waals surface area (Å²) >= 11 is 0. The van der Waals surface area contributed by atoms with E-state index in [0.29, 0.717) is 31.2 Å². The summed E-state index contributed by atoms with van der Waals surface area (Å²) in [4.78, 5) is 23.0. The molecule has 162 valence electrons. The molecular weight excluding hydrogens is 394 g/mol. The van der Waals surface area contributed by atoms with Crippen LogP contribution in [0.2, 0.25) is 0 Å². The van der Waals surface area contributed by atoms with Gasteiger partial charge in [-0.25, -0.2) is 4.98 Å². The molecule has 8 nitrogen and oxygen atoms in total. The van der Waals surface area contributed by atoms with E-state index in [4.69, 9.17) is 15.2 Å². The van der Waals surface area contributed by atoms with Gasteiger partial charge in [0.05, 0.1) is 24.1 Å². The zero-order valence-electron chi connectivity index (χ0n) is 17.8. The Bertz CT molecular complexity index is 1060. The Labute approximate surface area is 181 Å². The zero-order chi connectivity index (χ0) is 21.8. The van der Waals surface area contributed by atoms with Crippen LogP contribution >= 0.6 is 0 Å². The van der Waals surface area contributed by atoms with Gasteiger partial charge in [-0.1, -0.05) is 18.2 Å². The quantitative estimate of drug-likeness (QED) is 0.604. The first-order valence-electron chi connectivity index (χ1n) is 10.3. The normalized spacial score (nSPS) is 16.0. The minimum Gasteiger partial charge on any atom is -0.471 e. The second-order valence-corrected chi connectivity index (χ2v) is 7.86. The number of aromatic nitrogens is 2. The van der Waals surface area contributed by atoms with E-state index >= 15 is 0 Å². The first-order valence-corrected chi connectivity index (χ1v) is 10.3. The summed E-state index contributed by atoms with van der Waals surface area (Å²) in [6.45, 7) is 2.63. The number of carbonyl (C=O) groups excluding carboxylic acids is 1. The van der Waals surface area contributed by atoms with Gasteiger partial charge in [0.1, 0.15) is 6.10 Å². The van der Waals surface area contributed by atoms with E-state index in [2.05, 4.69) is 15.3 Å². The Morgan fingerprint density at radius 3 is 2.68 bits per heavy atom. The van der Waals surface area contributed by atoms with Gasteiger partial charge in [-0.05, 0) is 49.5 Å². The summed E-state index contributed by atoms with van der Waals surface area (Å²) in [6.07, 6.45) is 0.787. The fraction of sp³-hybridized carbons (Fsp3) is 0.348. The van der Waals surface area contributed by atoms with Crippen LogP contribution in [0, 0.1) is 0 Å². The van der Waals surface area contributed by atoms with Gasteiger partial charge in [0.2, 0.25) is 11.8 Å². The van der Waals surface area contributed by atoms with Crippen molar-refractivity contribution in [2.75, 3.05) is 46.1 Å². The summed E-state index contributed by atoms with van der Waals surface area (Å²) in [7, 11) is 3.95. The van der Waals surface area contributed by atoms with E-state index in [9.17, 15) is 4.79 Å². The second kappa shape index (κ2) is 9.28. The number of anilines is 1. The van der Waals surface area contributed by atoms with E-state index in [0.717, 1.165) is 35.0 Å². The van der Waals surface area contributed by atoms with Crippen molar-refractivity contribution in [1.29, 1.82) is 0 Å². The molecule has 8 heteroatoms. The van der Waals surface area contributed by atoms with Crippen LogP contribution < -0.4 is 15.8 Å². The average Bonchev–Trinajstić information content (AvgIpc) is 3.26. The van der Waals surface area contributed by atoms with Gasteiger partial charge >= 0.3 is 0 Å². The molecule has 0 unspecified atom stereocenters. The Balaban J connectivity index is 1.56. The molecule has 0 spiro atoms. The molecule has 3 aromatic rings. The van der Waals surface area contributed by atoms with Crippen molar-refractivity contribution in [2.24, 2.45) is 0 Å². The Morgan fingerprint density at radius 1 is 1.19 bits per heavy atom. The maximum Gasteiger partial charge on any atom is 0.251 e. The number of nitrogens with one attached hydrogen (secondary N) is 1. The van der Waals surface area contributed by atoms with Crippen molar-refractivity contribution in [1.82, 2.24) is 20.2 Å². The van der Waals surface area contributed by atoms with Crippen molar-refractivity contribution in [3.05, 3.63) is 48.0 Å². The largest absolute Gasteiger partial charge is 0.471 e. The molecule has 1 aromatic heterocycles. The lowest BCUT2D eigenvalue weighted by atomic mass is 10.0. The van der Waals surface area contributed by atoms with Crippen molar-refractivity contribution in [3.63, 3.8) is 0 Å². The number of carbonyl (C=O) groups is 1. The number of fused-ring (bicyclic) bond motifs is 1. The third-order valence-corrected chi connectivity index (χ3v) is 5.17. The minimum atomic E-state index is -0.0785. The van der Waals surface area contributed by atoms with Gasteiger partial charge in [0, 0.05) is 25.1 Å². The number of hydrogen-bond acceptors (Lipinski definition) is 7. The first-order chi connectivity index (χ1) is 15.0. The SMILES string of the molecule is CN(C)CCNC(=O)c1ccc(-c2ccc3nc(N)nc(O[C@H]4CCOC4)c3c2)cc1. The molecule has 1 amide bonds. The highest BCUT2D eigenvalue weighted by molar-refractivity contribution is 5.95. The van der Waals surface area contributed by atoms with Gasteiger partial charge in [-0.15, -0.1) is 0 Å². The maximum atomic E-state index is 12.3. The van der Waals surface area contributed by atoms with Crippen LogP contribution in [0.4, 0.5) is 5.95 Å². The van der Waals surface area contributed by atoms with Crippen molar-refractivity contribution in [2.45, 2.75) is 12.5 Å². The lowest BCUT2D eigenvalue weighted by Gasteiger charge is -2.14. The second-order valence-electron chi connectivity index (χ2n) is 7.86. The van der Waals surface area contributed by atoms with Gasteiger partial charge < -0.3 is 25.4 Å². The molecule has 1 aliphatic rings. The molecule has 2 aromatic carbocycles. The molecule has 0 radical (unpaired) electrons. The lowest BCUT2D eigenvalue weighted by Crippen LogP contribution is -2.31. The predicted octanol–water partition coefficient (Wildman–Crippen LogP) is 2.34. The van der Waals surface area contributed by atoms with Crippen molar-refractivity contribution in [3.8, 4) is 17.0 Å². The first kappa shape index (κ1) is 21.0. The van der Waals surface area contributed by atoms with Crippen molar-refractivity contribution >= 4 is 22.8 Å². The number of nitrogen functional groups attached to an aromatic ring is 1. The number of likely N-dealkylation sites (N-methyl/N-ethyl adjacent to an activating group) is 1. The standard InChI is InChI=1S/C23H27N5O3/c1-28(2)11-10-25-21(29)16-5-3-15(4-6-16)17-7-8-20-19(13-17)22(27-23(24)26-20)31-18-9-12-30-14-18/h3-8,13,18H,9-12,14H2,1-2H3,(H,25,29)(H2,24,26,27)/t18-/m0/s1. The summed E-state index contributed by atoms with van der Waals surface area (Å²) in [5.41, 5.74) is 9.19. The summed E-state index contributed by atoms with van der Waals surface area (Å²) < 4.78 is 11.4. The predicted molar refractivity (Wildman–Crippen MR) is 120 cm³/mol. The Hall–Kier alpha value is -3.23. The number of nitrogens with zero attached hydrogens (tertiary/aromatic N) is 3. The summed E-state index contributed by atoms with van der Waals surface area (Å²) in [5, 5.41) is 3.72. The molecule has 1 atom stereocenters. The van der Waals surface area contributed by atoms with Gasteiger partial charge in [-0.3, -0.25) is 4.79 Å². The van der Waals surface area contributed by atoms with Crippen LogP contribution in [0.3, 0.4) is 0 Å². The van der Waals surface area contributed by atoms with Gasteiger partial charge in [0.25, 0.3) is 5.91 Å². The van der Waals surface area contributed by atoms with E-state index in [-0.39, 0.29) is 18.0 Å². The number of hydrogen-bond donors (Lipinski definition) is 2. The fourth-order valence-electron chi connectivity index (χ4n) is 3.46. The molecule has 4 rings (SSSR count). The van der Waals surface area contributed by atoms with E-state index in [1.54, 1.807) is 0 Å². The number of benzene rings is 2. The molecule has 3 N–H and O–H groups in total.